The number of carboxylic acid groups (broad SMARTS) is 1. The first-order valence-corrected chi connectivity index (χ1v) is 17.8. The zero-order valence-electron chi connectivity index (χ0n) is 27.8. The predicted octanol–water partition coefficient (Wildman–Crippen LogP) is 9.11. The number of alkyl halides is 3. The monoisotopic (exact) mass is 738 g/mol. The number of nitrogens with zero attached hydrogens (tertiary/aromatic N) is 3. The number of carbonyl (C=O) groups excluding carboxylic acids is 1. The fraction of sp³-hybridized carbons (Fsp3) is 0.429. The Morgan fingerprint density at radius 1 is 0.840 bits per heavy atom. The molecule has 2 aliphatic rings. The highest BCUT2D eigenvalue weighted by Crippen LogP contribution is 2.33. The van der Waals surface area contributed by atoms with Crippen molar-refractivity contribution >= 4 is 34.7 Å². The second-order valence-corrected chi connectivity index (χ2v) is 14.5. The van der Waals surface area contributed by atoms with Crippen LogP contribution in [0.15, 0.2) is 59.3 Å². The third-order valence-electron chi connectivity index (χ3n) is 7.63. The smallest absolute Gasteiger partial charge is 0.475 e. The van der Waals surface area contributed by atoms with Crippen LogP contribution in [0, 0.1) is 11.6 Å². The van der Waals surface area contributed by atoms with Crippen molar-refractivity contribution in [2.75, 3.05) is 26.2 Å². The van der Waals surface area contributed by atoms with Gasteiger partial charge in [-0.2, -0.15) is 13.2 Å². The van der Waals surface area contributed by atoms with E-state index >= 15 is 0 Å². The summed E-state index contributed by atoms with van der Waals surface area (Å²) in [6, 6.07) is 12.9. The molecule has 1 amide bonds. The topological polar surface area (TPSA) is 105 Å². The minimum atomic E-state index is -5.08. The summed E-state index contributed by atoms with van der Waals surface area (Å²) in [6.07, 6.45) is -0.961. The number of amides is 1. The van der Waals surface area contributed by atoms with Gasteiger partial charge in [0.2, 0.25) is 0 Å². The zero-order chi connectivity index (χ0) is 36.5. The Labute approximate surface area is 295 Å². The molecule has 50 heavy (non-hydrogen) atoms. The Balaban J connectivity index is 0.000000196. The van der Waals surface area contributed by atoms with E-state index in [-0.39, 0.29) is 23.6 Å². The van der Waals surface area contributed by atoms with Crippen molar-refractivity contribution < 1.29 is 41.4 Å². The minimum Gasteiger partial charge on any atom is -0.475 e. The Morgan fingerprint density at radius 2 is 1.32 bits per heavy atom. The van der Waals surface area contributed by atoms with Gasteiger partial charge in [0.05, 0.1) is 21.4 Å². The van der Waals surface area contributed by atoms with Gasteiger partial charge in [-0.05, 0) is 102 Å². The standard InChI is InChI=1S/C19H23FN2O2S.C14H15FN2S.C2HF3O2/c1-19(2,3)24-18(23)22-10-4-5-14(11-22)17-21-16(12-25-17)13-6-8-15(20)9-7-13;15-12-5-3-10(4-6-12)13-9-18-14(17-13)11-2-1-7-16-8-11;3-2(4,5)1(6)7/h6-9,12,14H,4-5,10-11H2,1-3H3;3-6,9,11,16H,1-2,7-8H2;(H,6,7). The first kappa shape index (κ1) is 38.8. The van der Waals surface area contributed by atoms with Gasteiger partial charge >= 0.3 is 18.2 Å². The van der Waals surface area contributed by atoms with E-state index in [0.717, 1.165) is 60.0 Å². The first-order chi connectivity index (χ1) is 23.6. The fourth-order valence-corrected chi connectivity index (χ4v) is 7.11. The second kappa shape index (κ2) is 17.3. The third kappa shape index (κ3) is 11.8. The van der Waals surface area contributed by atoms with Crippen molar-refractivity contribution in [1.29, 1.82) is 0 Å². The lowest BCUT2D eigenvalue weighted by Gasteiger charge is -2.33. The van der Waals surface area contributed by atoms with Gasteiger partial charge in [0.15, 0.2) is 0 Å². The molecule has 0 aliphatic carbocycles. The molecular weight excluding hydrogens is 700 g/mol. The number of carboxylic acids is 1. The summed E-state index contributed by atoms with van der Waals surface area (Å²) in [7, 11) is 0. The van der Waals surface area contributed by atoms with E-state index in [1.165, 1.54) is 42.1 Å². The molecule has 0 saturated carbocycles. The second-order valence-electron chi connectivity index (χ2n) is 12.8. The third-order valence-corrected chi connectivity index (χ3v) is 9.65. The van der Waals surface area contributed by atoms with Gasteiger partial charge in [0.1, 0.15) is 17.2 Å². The van der Waals surface area contributed by atoms with Crippen molar-refractivity contribution in [2.24, 2.45) is 0 Å². The number of likely N-dealkylation sites (tertiary alicyclic amines) is 1. The highest BCUT2D eigenvalue weighted by molar-refractivity contribution is 7.10. The molecule has 2 atom stereocenters. The fourth-order valence-electron chi connectivity index (χ4n) is 5.19. The molecule has 4 aromatic rings. The number of rotatable bonds is 4. The molecule has 0 spiro atoms. The number of ether oxygens (including phenoxy) is 1. The summed E-state index contributed by atoms with van der Waals surface area (Å²) in [5.41, 5.74) is 3.22. The van der Waals surface area contributed by atoms with Crippen molar-refractivity contribution in [3.8, 4) is 22.5 Å². The van der Waals surface area contributed by atoms with E-state index in [1.54, 1.807) is 51.8 Å². The van der Waals surface area contributed by atoms with Gasteiger partial charge in [-0.25, -0.2) is 28.3 Å². The van der Waals surface area contributed by atoms with Crippen LogP contribution in [0.25, 0.3) is 22.5 Å². The highest BCUT2D eigenvalue weighted by atomic mass is 32.1. The lowest BCUT2D eigenvalue weighted by Crippen LogP contribution is -2.42. The van der Waals surface area contributed by atoms with Crippen LogP contribution in [0.1, 0.15) is 68.3 Å². The average molecular weight is 739 g/mol. The summed E-state index contributed by atoms with van der Waals surface area (Å²) < 4.78 is 63.2. The largest absolute Gasteiger partial charge is 0.490 e. The first-order valence-electron chi connectivity index (χ1n) is 16.0. The summed E-state index contributed by atoms with van der Waals surface area (Å²) >= 11 is 3.31. The Hall–Kier alpha value is -3.95. The van der Waals surface area contributed by atoms with E-state index in [4.69, 9.17) is 19.6 Å². The molecule has 6 rings (SSSR count). The Bertz CT molecular complexity index is 1680. The molecule has 0 bridgehead atoms. The number of nitrogens with one attached hydrogen (secondary N) is 1. The van der Waals surface area contributed by atoms with E-state index < -0.39 is 17.7 Å². The molecule has 2 aromatic heterocycles. The van der Waals surface area contributed by atoms with E-state index in [0.29, 0.717) is 12.5 Å². The molecular formula is C35H39F5N4O4S2. The SMILES string of the molecule is CC(C)(C)OC(=O)N1CCCC(c2nc(-c3ccc(F)cc3)cs2)C1.Fc1ccc(-c2csc(C3CCCNC3)n2)cc1.O=C(O)C(F)(F)F. The molecule has 2 unspecified atom stereocenters. The number of carbonyl (C=O) groups is 2. The number of aromatic nitrogens is 2. The van der Waals surface area contributed by atoms with Gasteiger partial charge in [-0.3, -0.25) is 0 Å². The van der Waals surface area contributed by atoms with Crippen molar-refractivity contribution in [1.82, 2.24) is 20.2 Å². The summed E-state index contributed by atoms with van der Waals surface area (Å²) in [5.74, 6) is -2.45. The van der Waals surface area contributed by atoms with Crippen LogP contribution in [0.3, 0.4) is 0 Å². The van der Waals surface area contributed by atoms with Gasteiger partial charge in [0, 0.05) is 53.4 Å². The van der Waals surface area contributed by atoms with E-state index in [9.17, 15) is 26.7 Å². The molecule has 15 heteroatoms. The van der Waals surface area contributed by atoms with Crippen molar-refractivity contribution in [2.45, 2.75) is 70.1 Å². The molecule has 2 saturated heterocycles. The van der Waals surface area contributed by atoms with Crippen LogP contribution < -0.4 is 5.32 Å². The van der Waals surface area contributed by atoms with E-state index in [2.05, 4.69) is 15.7 Å². The maximum absolute atomic E-state index is 13.1. The number of halogens is 5. The van der Waals surface area contributed by atoms with Crippen LogP contribution in [-0.2, 0) is 9.53 Å². The van der Waals surface area contributed by atoms with Crippen molar-refractivity contribution in [3.05, 3.63) is 80.9 Å². The quantitative estimate of drug-likeness (QED) is 0.201. The minimum absolute atomic E-state index is 0.203. The van der Waals surface area contributed by atoms with Gasteiger partial charge < -0.3 is 20.1 Å². The number of hydrogen-bond donors (Lipinski definition) is 2. The molecule has 4 heterocycles. The maximum Gasteiger partial charge on any atom is 0.490 e. The zero-order valence-corrected chi connectivity index (χ0v) is 29.4. The van der Waals surface area contributed by atoms with Crippen LogP contribution >= 0.6 is 22.7 Å². The Kier molecular flexibility index (Phi) is 13.5. The number of benzene rings is 2. The van der Waals surface area contributed by atoms with Crippen molar-refractivity contribution in [3.63, 3.8) is 0 Å². The van der Waals surface area contributed by atoms with Crippen LogP contribution in [0.4, 0.5) is 26.7 Å². The van der Waals surface area contributed by atoms with E-state index in [1.807, 2.05) is 26.2 Å². The number of aliphatic carboxylic acids is 1. The predicted molar refractivity (Wildman–Crippen MR) is 183 cm³/mol. The van der Waals surface area contributed by atoms with Gasteiger partial charge in [-0.1, -0.05) is 0 Å². The summed E-state index contributed by atoms with van der Waals surface area (Å²) in [6.45, 7) is 9.13. The molecule has 0 radical (unpaired) electrons. The molecule has 2 aliphatic heterocycles. The van der Waals surface area contributed by atoms with Crippen LogP contribution in [0.5, 0.6) is 0 Å². The number of piperidine rings is 2. The number of hydrogen-bond acceptors (Lipinski definition) is 8. The molecule has 270 valence electrons. The maximum atomic E-state index is 13.1. The lowest BCUT2D eigenvalue weighted by atomic mass is 9.99. The Morgan fingerprint density at radius 3 is 1.76 bits per heavy atom. The molecule has 2 aromatic carbocycles. The highest BCUT2D eigenvalue weighted by Gasteiger charge is 2.38. The van der Waals surface area contributed by atoms with Crippen LogP contribution in [0.2, 0.25) is 0 Å². The lowest BCUT2D eigenvalue weighted by molar-refractivity contribution is -0.192. The van der Waals surface area contributed by atoms with Crippen LogP contribution in [-0.4, -0.2) is 70.0 Å². The molecule has 2 fully saturated rings. The summed E-state index contributed by atoms with van der Waals surface area (Å²) in [5, 5.41) is 16.8. The molecule has 8 nitrogen and oxygen atoms in total. The average Bonchev–Trinajstić information content (AvgIpc) is 3.77. The van der Waals surface area contributed by atoms with Gasteiger partial charge in [0.25, 0.3) is 0 Å². The summed E-state index contributed by atoms with van der Waals surface area (Å²) in [4.78, 5) is 32.4. The number of thiazole rings is 2. The molecule has 2 N–H and O–H groups in total. The normalized spacial score (nSPS) is 17.9. The van der Waals surface area contributed by atoms with Gasteiger partial charge in [-0.15, -0.1) is 22.7 Å².